The number of rotatable bonds is 10. The average Bonchev–Trinajstić information content (AvgIpc) is 3.75. The van der Waals surface area contributed by atoms with Gasteiger partial charge in [-0.05, 0) is 30.1 Å². The second-order valence-electron chi connectivity index (χ2n) is 11.3. The zero-order chi connectivity index (χ0) is 45.1. The molecule has 2 aromatic heterocycles. The Morgan fingerprint density at radius 1 is 0.833 bits per heavy atom. The number of carbonyl (C=O) groups is 2. The van der Waals surface area contributed by atoms with Crippen LogP contribution in [0, 0.1) is 25.5 Å². The molecule has 0 fully saturated rings. The Morgan fingerprint density at radius 2 is 1.37 bits per heavy atom. The van der Waals surface area contributed by atoms with E-state index in [9.17, 15) is 53.5 Å². The number of aromatic nitrogens is 2. The van der Waals surface area contributed by atoms with E-state index in [1.165, 1.54) is 37.4 Å². The van der Waals surface area contributed by atoms with Crippen LogP contribution in [0.2, 0.25) is 0 Å². The zero-order valence-corrected chi connectivity index (χ0v) is 35.3. The molecule has 10 nitrogen and oxygen atoms in total. The molecular formula is C36H26BBrF10N4O6Se2. The molecule has 2 amide bonds. The molecule has 0 atom stereocenters. The number of hydrogen-bond acceptors (Lipinski definition) is 8. The SMILES string of the molecule is C=C/C(F)=C(\C(=C)F)C(=O)Nc1ncc(-c2ccc(OC(F)(F)F)cc2C)[se]1.Cc1cc(OC(F)(F)F)ccc1B(O)O.O=C(Nc1ncc(Br)[se]1)c1c(F)cccc1F. The van der Waals surface area contributed by atoms with Gasteiger partial charge in [-0.3, -0.25) is 0 Å². The number of anilines is 2. The van der Waals surface area contributed by atoms with Crippen molar-refractivity contribution in [1.29, 1.82) is 0 Å². The van der Waals surface area contributed by atoms with Crippen LogP contribution in [0.25, 0.3) is 10.0 Å². The van der Waals surface area contributed by atoms with Crippen molar-refractivity contribution in [2.24, 2.45) is 0 Å². The molecule has 0 unspecified atom stereocenters. The fourth-order valence-corrected chi connectivity index (χ4v) is 8.43. The Bertz CT molecular complexity index is 2370. The summed E-state index contributed by atoms with van der Waals surface area (Å²) < 4.78 is 135. The first-order valence-electron chi connectivity index (χ1n) is 16.0. The molecule has 0 radical (unpaired) electrons. The van der Waals surface area contributed by atoms with E-state index in [-0.39, 0.29) is 36.2 Å². The molecular weight excluding hydrogens is 1020 g/mol. The van der Waals surface area contributed by atoms with E-state index in [2.05, 4.69) is 59.2 Å². The van der Waals surface area contributed by atoms with Gasteiger partial charge in [0.1, 0.15) is 5.75 Å². The van der Waals surface area contributed by atoms with Crippen molar-refractivity contribution in [2.75, 3.05) is 10.6 Å². The molecule has 60 heavy (non-hydrogen) atoms. The van der Waals surface area contributed by atoms with E-state index >= 15 is 0 Å². The van der Waals surface area contributed by atoms with Gasteiger partial charge in [0.25, 0.3) is 0 Å². The van der Waals surface area contributed by atoms with E-state index in [4.69, 9.17) is 10.0 Å². The Hall–Kier alpha value is -4.96. The predicted octanol–water partition coefficient (Wildman–Crippen LogP) is 7.85. The molecule has 0 aliphatic heterocycles. The van der Waals surface area contributed by atoms with E-state index < -0.39 is 80.6 Å². The zero-order valence-electron chi connectivity index (χ0n) is 30.3. The molecule has 0 spiro atoms. The molecule has 5 rings (SSSR count). The first-order valence-corrected chi connectivity index (χ1v) is 20.2. The maximum atomic E-state index is 13.6. The molecule has 24 heteroatoms. The van der Waals surface area contributed by atoms with Crippen LogP contribution in [0.15, 0.2) is 107 Å². The molecule has 0 saturated heterocycles. The van der Waals surface area contributed by atoms with Gasteiger partial charge in [0.05, 0.1) is 0 Å². The van der Waals surface area contributed by atoms with Crippen LogP contribution in [-0.4, -0.2) is 80.7 Å². The normalized spacial score (nSPS) is 11.4. The molecule has 4 N–H and O–H groups in total. The third kappa shape index (κ3) is 15.3. The van der Waals surface area contributed by atoms with Gasteiger partial charge >= 0.3 is 286 Å². The van der Waals surface area contributed by atoms with Crippen molar-refractivity contribution < 1.29 is 73.0 Å². The third-order valence-corrected chi connectivity index (χ3v) is 11.5. The maximum absolute atomic E-state index is 13.6. The van der Waals surface area contributed by atoms with Crippen LogP contribution in [0.4, 0.5) is 53.3 Å². The molecule has 0 bridgehead atoms. The van der Waals surface area contributed by atoms with Gasteiger partial charge in [-0.1, -0.05) is 6.07 Å². The summed E-state index contributed by atoms with van der Waals surface area (Å²) >= 11 is 2.53. The van der Waals surface area contributed by atoms with Gasteiger partial charge in [0, 0.05) is 0 Å². The summed E-state index contributed by atoms with van der Waals surface area (Å²) in [5.41, 5.74) is 0.107. The Kier molecular flexibility index (Phi) is 17.7. The van der Waals surface area contributed by atoms with Gasteiger partial charge in [0.15, 0.2) is 0 Å². The molecule has 2 heterocycles. The van der Waals surface area contributed by atoms with Gasteiger partial charge in [-0.25, -0.2) is 0 Å². The van der Waals surface area contributed by atoms with Gasteiger partial charge in [-0.15, -0.1) is 13.2 Å². The van der Waals surface area contributed by atoms with E-state index in [0.717, 1.165) is 33.7 Å². The van der Waals surface area contributed by atoms with Crippen LogP contribution < -0.4 is 25.6 Å². The number of amides is 2. The van der Waals surface area contributed by atoms with Crippen LogP contribution in [0.1, 0.15) is 21.5 Å². The fourth-order valence-electron chi connectivity index (χ4n) is 4.51. The standard InChI is InChI=1S/C18H13F5N2O2Se.C10H5BrF2N2OSe.C8H8BF3O3/c1-4-13(20)15(10(3)19)16(26)25-17-24-8-14(28-17)12-6-5-11(7-9(12)2)27-18(21,22)23;11-7-4-14-10(17-7)15-9(16)8-5(12)2-1-3-6(8)13;1-5-4-6(15-8(10,11)12)2-3-7(5)9(13)14/h4-8H,1,3H2,2H3,(H,24,25,26);1-4H,(H,14,15,16);2-4,13-14H,1H3/b15-13-;;. The van der Waals surface area contributed by atoms with Crippen molar-refractivity contribution in [3.8, 4) is 21.5 Å². The Balaban J connectivity index is 0.000000257. The second kappa shape index (κ2) is 21.5. The number of allylic oxidation sites excluding steroid dienone is 2. The first kappa shape index (κ1) is 49.4. The van der Waals surface area contributed by atoms with Crippen molar-refractivity contribution in [3.63, 3.8) is 0 Å². The summed E-state index contributed by atoms with van der Waals surface area (Å²) in [6.07, 6.45) is -5.88. The van der Waals surface area contributed by atoms with Crippen molar-refractivity contribution >= 4 is 78.7 Å². The number of hydrogen-bond donors (Lipinski definition) is 4. The topological polar surface area (TPSA) is 143 Å². The van der Waals surface area contributed by atoms with Gasteiger partial charge < -0.3 is 14.8 Å². The van der Waals surface area contributed by atoms with Gasteiger partial charge in [0.2, 0.25) is 0 Å². The number of nitrogens with one attached hydrogen (secondary N) is 2. The summed E-state index contributed by atoms with van der Waals surface area (Å²) in [5, 5.41) is 22.3. The molecule has 318 valence electrons. The second-order valence-corrected chi connectivity index (χ2v) is 17.7. The monoisotopic (exact) mass is 1050 g/mol. The Labute approximate surface area is 354 Å². The quantitative estimate of drug-likeness (QED) is 0.0480. The molecule has 0 aliphatic carbocycles. The molecule has 0 saturated carbocycles. The van der Waals surface area contributed by atoms with Gasteiger partial charge in [-0.2, -0.15) is 0 Å². The number of nitrogens with zero attached hydrogens (tertiary/aromatic N) is 2. The molecule has 3 aromatic carbocycles. The van der Waals surface area contributed by atoms with Crippen LogP contribution in [0.5, 0.6) is 11.5 Å². The molecule has 0 aliphatic rings. The number of ether oxygens (including phenoxy) is 2. The van der Waals surface area contributed by atoms with Crippen molar-refractivity contribution in [2.45, 2.75) is 26.6 Å². The molecule has 5 aromatic rings. The van der Waals surface area contributed by atoms with E-state index in [0.29, 0.717) is 31.9 Å². The minimum absolute atomic E-state index is 0.143. The van der Waals surface area contributed by atoms with Crippen LogP contribution in [-0.2, 0) is 4.79 Å². The minimum atomic E-state index is -4.79. The average molecular weight is 1050 g/mol. The summed E-state index contributed by atoms with van der Waals surface area (Å²) in [6, 6.07) is 10.4. The number of benzene rings is 3. The van der Waals surface area contributed by atoms with E-state index in [1.807, 2.05) is 0 Å². The number of aryl methyl sites for hydroxylation is 2. The summed E-state index contributed by atoms with van der Waals surface area (Å²) in [7, 11) is -1.70. The predicted molar refractivity (Wildman–Crippen MR) is 206 cm³/mol. The number of halogens is 11. The number of alkyl halides is 6. The summed E-state index contributed by atoms with van der Waals surface area (Å²) in [6.45, 7) is 9.10. The van der Waals surface area contributed by atoms with E-state index in [1.54, 1.807) is 13.1 Å². The van der Waals surface area contributed by atoms with Crippen molar-refractivity contribution in [1.82, 2.24) is 9.97 Å². The third-order valence-electron chi connectivity index (χ3n) is 6.98. The van der Waals surface area contributed by atoms with Crippen LogP contribution in [0.3, 0.4) is 0 Å². The summed E-state index contributed by atoms with van der Waals surface area (Å²) in [5.74, 6) is -6.83. The van der Waals surface area contributed by atoms with Crippen molar-refractivity contribution in [3.05, 3.63) is 135 Å². The van der Waals surface area contributed by atoms with Crippen LogP contribution >= 0.6 is 15.9 Å². The first-order chi connectivity index (χ1) is 27.9. The fraction of sp³-hybridized carbons (Fsp3) is 0.111. The Morgan fingerprint density at radius 3 is 1.83 bits per heavy atom. The summed E-state index contributed by atoms with van der Waals surface area (Å²) in [4.78, 5) is 31.6. The number of carbonyl (C=O) groups excluding carboxylic acids is 2.